The number of halogens is 1. The smallest absolute Gasteiger partial charge is 0.270 e. The highest BCUT2D eigenvalue weighted by atomic mass is 79.9. The van der Waals surface area contributed by atoms with Crippen LogP contribution in [0.5, 0.6) is 0 Å². The van der Waals surface area contributed by atoms with Crippen LogP contribution in [0.4, 0.5) is 11.4 Å². The topological polar surface area (TPSA) is 73.6 Å². The first kappa shape index (κ1) is 16.9. The molecule has 7 heteroatoms. The molecule has 0 unspecified atom stereocenters. The number of non-ortho nitro benzene ring substituents is 1. The molecular formula is C13H19BrN2O4. The summed E-state index contributed by atoms with van der Waals surface area (Å²) in [5, 5.41) is 13.8. The quantitative estimate of drug-likeness (QED) is 0.400. The molecule has 0 heterocycles. The van der Waals surface area contributed by atoms with Gasteiger partial charge in [0.1, 0.15) is 0 Å². The SMILES string of the molecule is COCCOCCCCNc1ccc([N+](=O)[O-])cc1Br. The summed E-state index contributed by atoms with van der Waals surface area (Å²) >= 11 is 3.32. The lowest BCUT2D eigenvalue weighted by atomic mass is 10.2. The molecular weight excluding hydrogens is 328 g/mol. The van der Waals surface area contributed by atoms with Crippen LogP contribution >= 0.6 is 15.9 Å². The number of rotatable bonds is 10. The zero-order chi connectivity index (χ0) is 14.8. The molecule has 0 saturated heterocycles. The summed E-state index contributed by atoms with van der Waals surface area (Å²) in [6, 6.07) is 4.69. The fourth-order valence-electron chi connectivity index (χ4n) is 1.56. The highest BCUT2D eigenvalue weighted by Crippen LogP contribution is 2.26. The lowest BCUT2D eigenvalue weighted by Gasteiger charge is -2.08. The lowest BCUT2D eigenvalue weighted by molar-refractivity contribution is -0.384. The van der Waals surface area contributed by atoms with Gasteiger partial charge in [-0.05, 0) is 34.8 Å². The number of anilines is 1. The van der Waals surface area contributed by atoms with E-state index in [1.54, 1.807) is 13.2 Å². The molecule has 1 aromatic carbocycles. The standard InChI is InChI=1S/C13H19BrN2O4/c1-19-8-9-20-7-3-2-6-15-13-5-4-11(16(17)18)10-12(13)14/h4-5,10,15H,2-3,6-9H2,1H3. The van der Waals surface area contributed by atoms with Crippen molar-refractivity contribution in [1.82, 2.24) is 0 Å². The van der Waals surface area contributed by atoms with E-state index in [-0.39, 0.29) is 5.69 Å². The Balaban J connectivity index is 2.20. The number of hydrogen-bond acceptors (Lipinski definition) is 5. The Morgan fingerprint density at radius 3 is 2.75 bits per heavy atom. The molecule has 0 aliphatic carbocycles. The van der Waals surface area contributed by atoms with Gasteiger partial charge in [-0.3, -0.25) is 10.1 Å². The highest BCUT2D eigenvalue weighted by molar-refractivity contribution is 9.10. The predicted molar refractivity (Wildman–Crippen MR) is 81.2 cm³/mol. The van der Waals surface area contributed by atoms with Crippen molar-refractivity contribution in [2.75, 3.05) is 38.8 Å². The summed E-state index contributed by atoms with van der Waals surface area (Å²) in [5.74, 6) is 0. The van der Waals surface area contributed by atoms with Crippen molar-refractivity contribution in [2.24, 2.45) is 0 Å². The zero-order valence-corrected chi connectivity index (χ0v) is 13.0. The molecule has 0 atom stereocenters. The van der Waals surface area contributed by atoms with E-state index in [1.165, 1.54) is 12.1 Å². The zero-order valence-electron chi connectivity index (χ0n) is 11.4. The van der Waals surface area contributed by atoms with Crippen LogP contribution in [-0.4, -0.2) is 38.4 Å². The van der Waals surface area contributed by atoms with Crippen LogP contribution in [0.3, 0.4) is 0 Å². The van der Waals surface area contributed by atoms with Crippen molar-refractivity contribution < 1.29 is 14.4 Å². The number of ether oxygens (including phenoxy) is 2. The minimum atomic E-state index is -0.411. The van der Waals surface area contributed by atoms with Crippen LogP contribution in [0, 0.1) is 10.1 Å². The summed E-state index contributed by atoms with van der Waals surface area (Å²) in [7, 11) is 1.65. The minimum Gasteiger partial charge on any atom is -0.384 e. The largest absolute Gasteiger partial charge is 0.384 e. The van der Waals surface area contributed by atoms with Crippen LogP contribution in [0.25, 0.3) is 0 Å². The predicted octanol–water partition coefficient (Wildman–Crippen LogP) is 3.21. The number of nitro groups is 1. The molecule has 1 N–H and O–H groups in total. The number of unbranched alkanes of at least 4 members (excludes halogenated alkanes) is 1. The number of methoxy groups -OCH3 is 1. The van der Waals surface area contributed by atoms with E-state index in [0.29, 0.717) is 24.3 Å². The van der Waals surface area contributed by atoms with Crippen LogP contribution in [0.2, 0.25) is 0 Å². The van der Waals surface area contributed by atoms with Gasteiger partial charge in [0.25, 0.3) is 5.69 Å². The Morgan fingerprint density at radius 1 is 1.30 bits per heavy atom. The molecule has 0 aliphatic heterocycles. The first-order valence-corrected chi connectivity index (χ1v) is 7.19. The molecule has 0 radical (unpaired) electrons. The molecule has 0 spiro atoms. The molecule has 0 aromatic heterocycles. The third-order valence-corrected chi connectivity index (χ3v) is 3.28. The number of nitrogens with zero attached hydrogens (tertiary/aromatic N) is 1. The van der Waals surface area contributed by atoms with Crippen molar-refractivity contribution in [1.29, 1.82) is 0 Å². The average Bonchev–Trinajstić information content (AvgIpc) is 2.43. The second-order valence-corrected chi connectivity index (χ2v) is 5.01. The van der Waals surface area contributed by atoms with E-state index in [1.807, 2.05) is 0 Å². The van der Waals surface area contributed by atoms with Gasteiger partial charge in [0.15, 0.2) is 0 Å². The minimum absolute atomic E-state index is 0.0777. The van der Waals surface area contributed by atoms with E-state index in [0.717, 1.165) is 25.1 Å². The number of hydrogen-bond donors (Lipinski definition) is 1. The monoisotopic (exact) mass is 346 g/mol. The molecule has 0 amide bonds. The van der Waals surface area contributed by atoms with Gasteiger partial charge in [0, 0.05) is 42.6 Å². The third kappa shape index (κ3) is 6.31. The molecule has 0 fully saturated rings. The fourth-order valence-corrected chi connectivity index (χ4v) is 2.06. The second kappa shape index (κ2) is 9.68. The molecule has 0 bridgehead atoms. The van der Waals surface area contributed by atoms with Gasteiger partial charge >= 0.3 is 0 Å². The normalized spacial score (nSPS) is 10.5. The van der Waals surface area contributed by atoms with E-state index in [9.17, 15) is 10.1 Å². The fraction of sp³-hybridized carbons (Fsp3) is 0.538. The molecule has 6 nitrogen and oxygen atoms in total. The van der Waals surface area contributed by atoms with E-state index < -0.39 is 4.92 Å². The Labute approximate surface area is 126 Å². The summed E-state index contributed by atoms with van der Waals surface area (Å²) in [6.45, 7) is 2.75. The third-order valence-electron chi connectivity index (χ3n) is 2.63. The van der Waals surface area contributed by atoms with Crippen molar-refractivity contribution in [3.8, 4) is 0 Å². The van der Waals surface area contributed by atoms with Crippen molar-refractivity contribution in [3.05, 3.63) is 32.8 Å². The van der Waals surface area contributed by atoms with Crippen LogP contribution in [-0.2, 0) is 9.47 Å². The Kier molecular flexibility index (Phi) is 8.17. The van der Waals surface area contributed by atoms with Gasteiger partial charge in [-0.25, -0.2) is 0 Å². The van der Waals surface area contributed by atoms with Gasteiger partial charge in [-0.1, -0.05) is 0 Å². The highest BCUT2D eigenvalue weighted by Gasteiger charge is 2.08. The summed E-state index contributed by atoms with van der Waals surface area (Å²) in [5.41, 5.74) is 0.935. The van der Waals surface area contributed by atoms with E-state index in [2.05, 4.69) is 21.2 Å². The number of nitrogens with one attached hydrogen (secondary N) is 1. The summed E-state index contributed by atoms with van der Waals surface area (Å²) in [6.07, 6.45) is 1.93. The first-order chi connectivity index (χ1) is 9.65. The molecule has 0 saturated carbocycles. The number of benzene rings is 1. The van der Waals surface area contributed by atoms with Crippen molar-refractivity contribution in [2.45, 2.75) is 12.8 Å². The maximum absolute atomic E-state index is 10.6. The van der Waals surface area contributed by atoms with Crippen LogP contribution in [0.1, 0.15) is 12.8 Å². The summed E-state index contributed by atoms with van der Waals surface area (Å²) in [4.78, 5) is 10.2. The van der Waals surface area contributed by atoms with Gasteiger partial charge in [0.05, 0.1) is 18.1 Å². The molecule has 1 rings (SSSR count). The Bertz CT molecular complexity index is 429. The van der Waals surface area contributed by atoms with Crippen LogP contribution < -0.4 is 5.32 Å². The lowest BCUT2D eigenvalue weighted by Crippen LogP contribution is -2.06. The molecule has 0 aliphatic rings. The molecule has 112 valence electrons. The van der Waals surface area contributed by atoms with Gasteiger partial charge in [-0.2, -0.15) is 0 Å². The van der Waals surface area contributed by atoms with Gasteiger partial charge < -0.3 is 14.8 Å². The maximum Gasteiger partial charge on any atom is 0.270 e. The van der Waals surface area contributed by atoms with Crippen molar-refractivity contribution in [3.63, 3.8) is 0 Å². The van der Waals surface area contributed by atoms with Gasteiger partial charge in [-0.15, -0.1) is 0 Å². The van der Waals surface area contributed by atoms with Crippen LogP contribution in [0.15, 0.2) is 22.7 Å². The van der Waals surface area contributed by atoms with Gasteiger partial charge in [0.2, 0.25) is 0 Å². The second-order valence-electron chi connectivity index (χ2n) is 4.16. The first-order valence-electron chi connectivity index (χ1n) is 6.39. The maximum atomic E-state index is 10.6. The van der Waals surface area contributed by atoms with E-state index >= 15 is 0 Å². The average molecular weight is 347 g/mol. The van der Waals surface area contributed by atoms with E-state index in [4.69, 9.17) is 9.47 Å². The molecule has 20 heavy (non-hydrogen) atoms. The summed E-state index contributed by atoms with van der Waals surface area (Å²) < 4.78 is 10.9. The van der Waals surface area contributed by atoms with Crippen molar-refractivity contribution >= 4 is 27.3 Å². The molecule has 1 aromatic rings. The Hall–Kier alpha value is -1.18. The number of nitro benzene ring substituents is 1. The Morgan fingerprint density at radius 2 is 2.10 bits per heavy atom.